The van der Waals surface area contributed by atoms with E-state index in [1.807, 2.05) is 11.8 Å². The predicted molar refractivity (Wildman–Crippen MR) is 82.0 cm³/mol. The molecular weight excluding hydrogens is 254 g/mol. The molecule has 2 nitrogen and oxygen atoms in total. The summed E-state index contributed by atoms with van der Waals surface area (Å²) in [5.74, 6) is 1.07. The highest BCUT2D eigenvalue weighted by atomic mass is 32.2. The molecule has 2 aliphatic rings. The van der Waals surface area contributed by atoms with Crippen LogP contribution in [-0.2, 0) is 13.0 Å². The number of benzene rings is 1. The number of rotatable bonds is 5. The third-order valence-electron chi connectivity index (χ3n) is 4.14. The minimum atomic E-state index is -0.0364. The lowest BCUT2D eigenvalue weighted by atomic mass is 10.0. The summed E-state index contributed by atoms with van der Waals surface area (Å²) < 4.78 is 6.46. The molecule has 0 spiro atoms. The summed E-state index contributed by atoms with van der Waals surface area (Å²) >= 11 is 2.01. The molecule has 1 fully saturated rings. The zero-order valence-electron chi connectivity index (χ0n) is 12.1. The molecule has 1 aromatic carbocycles. The summed E-state index contributed by atoms with van der Waals surface area (Å²) in [6, 6.07) is 6.62. The molecule has 0 unspecified atom stereocenters. The number of hydrogen-bond acceptors (Lipinski definition) is 3. The molecular formula is C16H23NOS. The van der Waals surface area contributed by atoms with Crippen LogP contribution in [0.1, 0.15) is 37.8 Å². The summed E-state index contributed by atoms with van der Waals surface area (Å²) in [4.78, 5) is 0. The van der Waals surface area contributed by atoms with Crippen LogP contribution in [0.15, 0.2) is 18.2 Å². The minimum Gasteiger partial charge on any atom is -0.487 e. The smallest absolute Gasteiger partial charge is 0.123 e. The molecule has 104 valence electrons. The van der Waals surface area contributed by atoms with E-state index in [-0.39, 0.29) is 5.60 Å². The Balaban J connectivity index is 1.58. The van der Waals surface area contributed by atoms with E-state index < -0.39 is 0 Å². The number of nitrogens with one attached hydrogen (secondary N) is 1. The SMILES string of the molecule is CSC1(CNCc2ccc3c(c2)CC(C)(C)O3)CC1. The quantitative estimate of drug-likeness (QED) is 0.891. The Morgan fingerprint density at radius 1 is 1.32 bits per heavy atom. The van der Waals surface area contributed by atoms with Crippen LogP contribution in [0.2, 0.25) is 0 Å². The Labute approximate surface area is 120 Å². The van der Waals surface area contributed by atoms with Gasteiger partial charge in [-0.3, -0.25) is 0 Å². The molecule has 1 aromatic rings. The summed E-state index contributed by atoms with van der Waals surface area (Å²) in [6.45, 7) is 6.41. The van der Waals surface area contributed by atoms with Gasteiger partial charge in [0.1, 0.15) is 11.4 Å². The molecule has 0 atom stereocenters. The van der Waals surface area contributed by atoms with Crippen molar-refractivity contribution in [3.8, 4) is 5.75 Å². The van der Waals surface area contributed by atoms with Crippen molar-refractivity contribution in [2.75, 3.05) is 12.8 Å². The molecule has 1 heterocycles. The lowest BCUT2D eigenvalue weighted by Crippen LogP contribution is -2.25. The van der Waals surface area contributed by atoms with Crippen LogP contribution < -0.4 is 10.1 Å². The van der Waals surface area contributed by atoms with Crippen molar-refractivity contribution in [3.05, 3.63) is 29.3 Å². The number of ether oxygens (including phenoxy) is 1. The third-order valence-corrected chi connectivity index (χ3v) is 5.56. The zero-order valence-corrected chi connectivity index (χ0v) is 12.9. The van der Waals surface area contributed by atoms with Gasteiger partial charge in [-0.2, -0.15) is 11.8 Å². The lowest BCUT2D eigenvalue weighted by Gasteiger charge is -2.16. The van der Waals surface area contributed by atoms with Crippen molar-refractivity contribution < 1.29 is 4.74 Å². The molecule has 0 bridgehead atoms. The fourth-order valence-corrected chi connectivity index (χ4v) is 3.56. The molecule has 1 aliphatic carbocycles. The summed E-state index contributed by atoms with van der Waals surface area (Å²) in [6.07, 6.45) is 5.98. The van der Waals surface area contributed by atoms with E-state index in [1.165, 1.54) is 24.0 Å². The van der Waals surface area contributed by atoms with E-state index in [9.17, 15) is 0 Å². The van der Waals surface area contributed by atoms with Crippen LogP contribution in [0.4, 0.5) is 0 Å². The first kappa shape index (κ1) is 13.3. The first-order valence-electron chi connectivity index (χ1n) is 7.09. The maximum Gasteiger partial charge on any atom is 0.123 e. The minimum absolute atomic E-state index is 0.0364. The van der Waals surface area contributed by atoms with Gasteiger partial charge < -0.3 is 10.1 Å². The van der Waals surface area contributed by atoms with Gasteiger partial charge in [0.05, 0.1) is 0 Å². The second kappa shape index (κ2) is 4.71. The Bertz CT molecular complexity index is 480. The topological polar surface area (TPSA) is 21.3 Å². The van der Waals surface area contributed by atoms with Crippen molar-refractivity contribution in [1.29, 1.82) is 0 Å². The average Bonchev–Trinajstić information content (AvgIpc) is 3.05. The van der Waals surface area contributed by atoms with E-state index in [4.69, 9.17) is 4.74 Å². The molecule has 0 saturated heterocycles. The first-order chi connectivity index (χ1) is 9.02. The number of fused-ring (bicyclic) bond motifs is 1. The van der Waals surface area contributed by atoms with Crippen molar-refractivity contribution in [2.45, 2.75) is 50.0 Å². The van der Waals surface area contributed by atoms with E-state index in [0.29, 0.717) is 4.75 Å². The van der Waals surface area contributed by atoms with Crippen LogP contribution in [0, 0.1) is 0 Å². The summed E-state index contributed by atoms with van der Waals surface area (Å²) in [5, 5.41) is 3.61. The highest BCUT2D eigenvalue weighted by Gasteiger charge is 2.41. The molecule has 1 aliphatic heterocycles. The van der Waals surface area contributed by atoms with Crippen molar-refractivity contribution in [3.63, 3.8) is 0 Å². The van der Waals surface area contributed by atoms with Crippen molar-refractivity contribution in [2.24, 2.45) is 0 Å². The molecule has 3 rings (SSSR count). The Morgan fingerprint density at radius 3 is 2.79 bits per heavy atom. The molecule has 0 radical (unpaired) electrons. The Kier molecular flexibility index (Phi) is 3.30. The maximum atomic E-state index is 5.91. The van der Waals surface area contributed by atoms with Gasteiger partial charge in [0.25, 0.3) is 0 Å². The second-order valence-electron chi connectivity index (χ2n) is 6.47. The Morgan fingerprint density at radius 2 is 2.11 bits per heavy atom. The zero-order chi connectivity index (χ0) is 13.5. The second-order valence-corrected chi connectivity index (χ2v) is 7.75. The van der Waals surface area contributed by atoms with Crippen LogP contribution in [0.25, 0.3) is 0 Å². The van der Waals surface area contributed by atoms with Gasteiger partial charge in [0, 0.05) is 24.3 Å². The van der Waals surface area contributed by atoms with Gasteiger partial charge in [0.15, 0.2) is 0 Å². The normalized spacial score (nSPS) is 21.8. The maximum absolute atomic E-state index is 5.91. The van der Waals surface area contributed by atoms with Crippen LogP contribution >= 0.6 is 11.8 Å². The first-order valence-corrected chi connectivity index (χ1v) is 8.31. The van der Waals surface area contributed by atoms with E-state index in [0.717, 1.165) is 25.3 Å². The van der Waals surface area contributed by atoms with Gasteiger partial charge in [-0.05, 0) is 50.1 Å². The molecule has 0 amide bonds. The highest BCUT2D eigenvalue weighted by Crippen LogP contribution is 2.46. The molecule has 0 aromatic heterocycles. The molecule has 1 N–H and O–H groups in total. The third kappa shape index (κ3) is 2.92. The largest absolute Gasteiger partial charge is 0.487 e. The predicted octanol–water partition coefficient (Wildman–Crippen LogP) is 3.39. The summed E-state index contributed by atoms with van der Waals surface area (Å²) in [5.41, 5.74) is 2.69. The Hall–Kier alpha value is -0.670. The monoisotopic (exact) mass is 277 g/mol. The van der Waals surface area contributed by atoms with Gasteiger partial charge in [-0.1, -0.05) is 12.1 Å². The van der Waals surface area contributed by atoms with Gasteiger partial charge in [-0.25, -0.2) is 0 Å². The fourth-order valence-electron chi connectivity index (χ4n) is 2.80. The van der Waals surface area contributed by atoms with Crippen LogP contribution in [-0.4, -0.2) is 23.1 Å². The molecule has 19 heavy (non-hydrogen) atoms. The standard InChI is InChI=1S/C16H23NOS/c1-15(2)9-13-8-12(4-5-14(13)18-15)10-17-11-16(19-3)6-7-16/h4-5,8,17H,6-7,9-11H2,1-3H3. The van der Waals surface area contributed by atoms with Gasteiger partial charge in [0.2, 0.25) is 0 Å². The van der Waals surface area contributed by atoms with Gasteiger partial charge in [-0.15, -0.1) is 0 Å². The number of hydrogen-bond donors (Lipinski definition) is 1. The molecule has 3 heteroatoms. The van der Waals surface area contributed by atoms with E-state index >= 15 is 0 Å². The highest BCUT2D eigenvalue weighted by molar-refractivity contribution is 8.00. The van der Waals surface area contributed by atoms with Crippen molar-refractivity contribution in [1.82, 2.24) is 5.32 Å². The summed E-state index contributed by atoms with van der Waals surface area (Å²) in [7, 11) is 0. The van der Waals surface area contributed by atoms with Crippen LogP contribution in [0.5, 0.6) is 5.75 Å². The van der Waals surface area contributed by atoms with E-state index in [2.05, 4.69) is 43.6 Å². The van der Waals surface area contributed by atoms with Crippen LogP contribution in [0.3, 0.4) is 0 Å². The molecule has 1 saturated carbocycles. The van der Waals surface area contributed by atoms with Gasteiger partial charge >= 0.3 is 0 Å². The van der Waals surface area contributed by atoms with E-state index in [1.54, 1.807) is 0 Å². The lowest BCUT2D eigenvalue weighted by molar-refractivity contribution is 0.138. The fraction of sp³-hybridized carbons (Fsp3) is 0.625. The number of thioether (sulfide) groups is 1. The average molecular weight is 277 g/mol. The van der Waals surface area contributed by atoms with Crippen molar-refractivity contribution >= 4 is 11.8 Å².